The van der Waals surface area contributed by atoms with Gasteiger partial charge < -0.3 is 15.4 Å². The first-order valence-electron chi connectivity index (χ1n) is 9.81. The number of aromatic nitrogens is 1. The quantitative estimate of drug-likeness (QED) is 0.710. The maximum atomic E-state index is 12.9. The highest BCUT2D eigenvalue weighted by Crippen LogP contribution is 2.31. The first-order chi connectivity index (χ1) is 14.6. The van der Waals surface area contributed by atoms with Crippen molar-refractivity contribution in [3.8, 4) is 5.75 Å². The van der Waals surface area contributed by atoms with E-state index < -0.39 is 18.4 Å². The Morgan fingerprint density at radius 2 is 1.94 bits per heavy atom. The molecule has 1 aliphatic heterocycles. The zero-order valence-electron chi connectivity index (χ0n) is 17.3. The van der Waals surface area contributed by atoms with Gasteiger partial charge in [0.05, 0.1) is 11.7 Å². The van der Waals surface area contributed by atoms with Crippen LogP contribution in [0.5, 0.6) is 5.75 Å². The third kappa shape index (κ3) is 5.44. The van der Waals surface area contributed by atoms with E-state index in [9.17, 15) is 22.8 Å². The lowest BCUT2D eigenvalue weighted by atomic mass is 10.0. The molecule has 1 atom stereocenters. The highest BCUT2D eigenvalue weighted by atomic mass is 19.4. The number of ether oxygens (including phenoxy) is 1. The standard InChI is InChI=1S/C21H23F3N4O3/c1-4-16(13-5-7-15(8-6-13)31-21(22,23)24)27-20(30)28-11-18(29)26-17-9-14(12(2)3)10-25-19(17)28/h5-10,12,16H,4,11H2,1-3H3,(H,26,29)(H,27,30). The van der Waals surface area contributed by atoms with Gasteiger partial charge in [-0.25, -0.2) is 9.78 Å². The minimum atomic E-state index is -4.77. The molecule has 0 aliphatic carbocycles. The van der Waals surface area contributed by atoms with E-state index in [1.165, 1.54) is 29.2 Å². The number of fused-ring (bicyclic) bond motifs is 1. The largest absolute Gasteiger partial charge is 0.573 e. The minimum Gasteiger partial charge on any atom is -0.406 e. The molecule has 0 bridgehead atoms. The van der Waals surface area contributed by atoms with Crippen molar-refractivity contribution >= 4 is 23.4 Å². The van der Waals surface area contributed by atoms with Crippen LogP contribution in [0, 0.1) is 0 Å². The normalized spacial score (nSPS) is 14.7. The van der Waals surface area contributed by atoms with Gasteiger partial charge in [0.1, 0.15) is 12.3 Å². The van der Waals surface area contributed by atoms with E-state index in [2.05, 4.69) is 20.4 Å². The number of halogens is 3. The van der Waals surface area contributed by atoms with E-state index >= 15 is 0 Å². The Balaban J connectivity index is 1.78. The summed E-state index contributed by atoms with van der Waals surface area (Å²) in [7, 11) is 0. The molecule has 166 valence electrons. The first kappa shape index (κ1) is 22.4. The smallest absolute Gasteiger partial charge is 0.406 e. The van der Waals surface area contributed by atoms with Gasteiger partial charge in [0.15, 0.2) is 5.82 Å². The van der Waals surface area contributed by atoms with E-state index in [4.69, 9.17) is 0 Å². The lowest BCUT2D eigenvalue weighted by Crippen LogP contribution is -2.48. The molecule has 3 rings (SSSR count). The average Bonchev–Trinajstić information content (AvgIpc) is 2.70. The van der Waals surface area contributed by atoms with E-state index in [1.807, 2.05) is 20.8 Å². The molecule has 7 nitrogen and oxygen atoms in total. The van der Waals surface area contributed by atoms with Crippen LogP contribution in [0.15, 0.2) is 36.5 Å². The number of amides is 3. The minimum absolute atomic E-state index is 0.193. The summed E-state index contributed by atoms with van der Waals surface area (Å²) in [5.74, 6) is -0.144. The number of alkyl halides is 3. The molecular weight excluding hydrogens is 413 g/mol. The fourth-order valence-corrected chi connectivity index (χ4v) is 3.22. The van der Waals surface area contributed by atoms with Gasteiger partial charge >= 0.3 is 12.4 Å². The highest BCUT2D eigenvalue weighted by Gasteiger charge is 2.32. The van der Waals surface area contributed by atoms with Crippen molar-refractivity contribution < 1.29 is 27.5 Å². The van der Waals surface area contributed by atoms with E-state index in [-0.39, 0.29) is 24.1 Å². The van der Waals surface area contributed by atoms with Gasteiger partial charge in [-0.1, -0.05) is 32.9 Å². The maximum absolute atomic E-state index is 12.9. The summed E-state index contributed by atoms with van der Waals surface area (Å²) in [6, 6.07) is 6.09. The summed E-state index contributed by atoms with van der Waals surface area (Å²) in [5.41, 5.74) is 1.99. The molecule has 0 saturated heterocycles. The molecule has 2 aromatic rings. The van der Waals surface area contributed by atoms with Crippen LogP contribution in [0.1, 0.15) is 50.3 Å². The number of hydrogen-bond acceptors (Lipinski definition) is 4. The molecule has 3 amide bonds. The first-order valence-corrected chi connectivity index (χ1v) is 9.81. The predicted molar refractivity (Wildman–Crippen MR) is 109 cm³/mol. The predicted octanol–water partition coefficient (Wildman–Crippen LogP) is 4.72. The summed E-state index contributed by atoms with van der Waals surface area (Å²) in [4.78, 5) is 30.7. The number of nitrogens with one attached hydrogen (secondary N) is 2. The Morgan fingerprint density at radius 1 is 1.26 bits per heavy atom. The molecule has 1 aromatic carbocycles. The van der Waals surface area contributed by atoms with Gasteiger partial charge in [-0.3, -0.25) is 9.69 Å². The molecule has 1 unspecified atom stereocenters. The van der Waals surface area contributed by atoms with Crippen molar-refractivity contribution in [2.45, 2.75) is 45.5 Å². The number of anilines is 2. The molecule has 1 aromatic heterocycles. The van der Waals surface area contributed by atoms with Crippen LogP contribution in [0.3, 0.4) is 0 Å². The number of nitrogens with zero attached hydrogens (tertiary/aromatic N) is 2. The van der Waals surface area contributed by atoms with Crippen molar-refractivity contribution in [3.63, 3.8) is 0 Å². The third-order valence-electron chi connectivity index (χ3n) is 4.85. The summed E-state index contributed by atoms with van der Waals surface area (Å²) < 4.78 is 40.9. The Morgan fingerprint density at radius 3 is 2.52 bits per heavy atom. The zero-order valence-corrected chi connectivity index (χ0v) is 17.3. The van der Waals surface area contributed by atoms with Gasteiger partial charge in [0, 0.05) is 6.20 Å². The van der Waals surface area contributed by atoms with E-state index in [0.29, 0.717) is 23.5 Å². The molecule has 0 fully saturated rings. The second kappa shape index (κ2) is 8.83. The van der Waals surface area contributed by atoms with Crippen LogP contribution in [0.2, 0.25) is 0 Å². The SMILES string of the molecule is CCC(NC(=O)N1CC(=O)Nc2cc(C(C)C)cnc21)c1ccc(OC(F)(F)F)cc1. The van der Waals surface area contributed by atoms with Gasteiger partial charge in [0.25, 0.3) is 0 Å². The second-order valence-corrected chi connectivity index (χ2v) is 7.46. The molecule has 31 heavy (non-hydrogen) atoms. The van der Waals surface area contributed by atoms with Crippen LogP contribution < -0.4 is 20.3 Å². The lowest BCUT2D eigenvalue weighted by Gasteiger charge is -2.30. The number of hydrogen-bond donors (Lipinski definition) is 2. The summed E-state index contributed by atoms with van der Waals surface area (Å²) >= 11 is 0. The summed E-state index contributed by atoms with van der Waals surface area (Å²) in [5, 5.41) is 5.56. The van der Waals surface area contributed by atoms with Gasteiger partial charge in [-0.2, -0.15) is 0 Å². The Bertz CT molecular complexity index is 961. The zero-order chi connectivity index (χ0) is 22.8. The molecule has 2 N–H and O–H groups in total. The molecule has 2 heterocycles. The van der Waals surface area contributed by atoms with Crippen molar-refractivity contribution in [1.29, 1.82) is 0 Å². The summed E-state index contributed by atoms with van der Waals surface area (Å²) in [6.45, 7) is 5.63. The number of benzene rings is 1. The van der Waals surface area contributed by atoms with Crippen LogP contribution in [0.4, 0.5) is 29.5 Å². The van der Waals surface area contributed by atoms with Gasteiger partial charge in [-0.15, -0.1) is 13.2 Å². The fraction of sp³-hybridized carbons (Fsp3) is 0.381. The lowest BCUT2D eigenvalue weighted by molar-refractivity contribution is -0.274. The Labute approximate surface area is 177 Å². The van der Waals surface area contributed by atoms with Crippen molar-refractivity contribution in [2.24, 2.45) is 0 Å². The molecule has 10 heteroatoms. The Kier molecular flexibility index (Phi) is 6.37. The fourth-order valence-electron chi connectivity index (χ4n) is 3.22. The Hall–Kier alpha value is -3.30. The van der Waals surface area contributed by atoms with Crippen LogP contribution in [-0.2, 0) is 4.79 Å². The number of urea groups is 1. The van der Waals surface area contributed by atoms with Gasteiger partial charge in [-0.05, 0) is 41.7 Å². The van der Waals surface area contributed by atoms with Crippen molar-refractivity contribution in [1.82, 2.24) is 10.3 Å². The van der Waals surface area contributed by atoms with Crippen LogP contribution in [-0.4, -0.2) is 29.8 Å². The number of rotatable bonds is 5. The molecular formula is C21H23F3N4O3. The average molecular weight is 436 g/mol. The van der Waals surface area contributed by atoms with Gasteiger partial charge in [0.2, 0.25) is 5.91 Å². The van der Waals surface area contributed by atoms with Crippen molar-refractivity contribution in [3.05, 3.63) is 47.7 Å². The molecule has 0 spiro atoms. The second-order valence-electron chi connectivity index (χ2n) is 7.46. The molecule has 1 aliphatic rings. The third-order valence-corrected chi connectivity index (χ3v) is 4.85. The highest BCUT2D eigenvalue weighted by molar-refractivity contribution is 6.08. The molecule has 0 saturated carbocycles. The van der Waals surface area contributed by atoms with Crippen LogP contribution >= 0.6 is 0 Å². The topological polar surface area (TPSA) is 83.6 Å². The summed E-state index contributed by atoms with van der Waals surface area (Å²) in [6.07, 6.45) is -2.62. The van der Waals surface area contributed by atoms with Crippen molar-refractivity contribution in [2.75, 3.05) is 16.8 Å². The van der Waals surface area contributed by atoms with E-state index in [1.54, 1.807) is 12.3 Å². The number of carbonyl (C=O) groups is 2. The monoisotopic (exact) mass is 436 g/mol. The number of pyridine rings is 1. The molecule has 0 radical (unpaired) electrons. The maximum Gasteiger partial charge on any atom is 0.573 e. The number of carbonyl (C=O) groups excluding carboxylic acids is 2. The van der Waals surface area contributed by atoms with E-state index in [0.717, 1.165) is 5.56 Å². The van der Waals surface area contributed by atoms with Crippen LogP contribution in [0.25, 0.3) is 0 Å².